The largest absolute Gasteiger partial charge is 0.375 e. The molecule has 1 unspecified atom stereocenters. The van der Waals surface area contributed by atoms with Gasteiger partial charge in [0.05, 0.1) is 38.5 Å². The second kappa shape index (κ2) is 18.9. The number of aryl methyl sites for hydroxylation is 1. The molecule has 8 nitrogen and oxygen atoms in total. The third-order valence-corrected chi connectivity index (χ3v) is 7.77. The standard InChI is InChI=1S/C37H48F2N4O4/c1-4-10-43(11-5-2)37(46)21-29-14-27(19-35(41)44)13-28(15-29)20-36(45)42-34(18-30-16-31(38)22-32(39)17-30)33(40)24-47-23-26-9-7-8-25(6-3)12-26/h7-9,12-17,22,33-34H,4-6,10-11,18-21,23-24,40H2,1-3H3,(H2,41,44)(H,42,45)/t33?,34-/m0/s1. The zero-order valence-corrected chi connectivity index (χ0v) is 27.7. The van der Waals surface area contributed by atoms with Gasteiger partial charge in [-0.25, -0.2) is 8.78 Å². The predicted octanol–water partition coefficient (Wildman–Crippen LogP) is 4.56. The molecule has 0 fully saturated rings. The van der Waals surface area contributed by atoms with Gasteiger partial charge in [-0.15, -0.1) is 0 Å². The molecule has 0 saturated carbocycles. The third kappa shape index (κ3) is 12.9. The first kappa shape index (κ1) is 37.3. The molecule has 3 aromatic carbocycles. The van der Waals surface area contributed by atoms with Gasteiger partial charge in [0.25, 0.3) is 0 Å². The molecule has 0 aliphatic rings. The Bertz CT molecular complexity index is 1470. The van der Waals surface area contributed by atoms with Crippen molar-refractivity contribution in [2.75, 3.05) is 19.7 Å². The molecule has 0 spiro atoms. The van der Waals surface area contributed by atoms with E-state index in [-0.39, 0.29) is 44.1 Å². The van der Waals surface area contributed by atoms with E-state index in [1.54, 1.807) is 18.2 Å². The van der Waals surface area contributed by atoms with Crippen LogP contribution in [0.1, 0.15) is 67.0 Å². The third-order valence-electron chi connectivity index (χ3n) is 7.77. The van der Waals surface area contributed by atoms with E-state index in [1.165, 1.54) is 17.7 Å². The summed E-state index contributed by atoms with van der Waals surface area (Å²) in [6.07, 6.45) is 2.64. The van der Waals surface area contributed by atoms with E-state index >= 15 is 0 Å². The molecule has 10 heteroatoms. The first-order valence-electron chi connectivity index (χ1n) is 16.3. The fourth-order valence-electron chi connectivity index (χ4n) is 5.64. The van der Waals surface area contributed by atoms with Crippen molar-refractivity contribution in [3.05, 3.63) is 106 Å². The predicted molar refractivity (Wildman–Crippen MR) is 179 cm³/mol. The van der Waals surface area contributed by atoms with Crippen LogP contribution in [0.25, 0.3) is 0 Å². The molecule has 254 valence electrons. The number of hydrogen-bond donors (Lipinski definition) is 3. The van der Waals surface area contributed by atoms with Crippen LogP contribution < -0.4 is 16.8 Å². The van der Waals surface area contributed by atoms with Gasteiger partial charge < -0.3 is 26.4 Å². The number of hydrogen-bond acceptors (Lipinski definition) is 5. The Balaban J connectivity index is 1.78. The number of nitrogens with one attached hydrogen (secondary N) is 1. The fraction of sp³-hybridized carbons (Fsp3) is 0.432. The number of halogens is 2. The van der Waals surface area contributed by atoms with E-state index in [2.05, 4.69) is 18.3 Å². The smallest absolute Gasteiger partial charge is 0.226 e. The number of benzene rings is 3. The highest BCUT2D eigenvalue weighted by Gasteiger charge is 2.23. The first-order chi connectivity index (χ1) is 22.5. The zero-order valence-electron chi connectivity index (χ0n) is 27.7. The average Bonchev–Trinajstić information content (AvgIpc) is 2.99. The van der Waals surface area contributed by atoms with E-state index in [4.69, 9.17) is 16.2 Å². The Kier molecular flexibility index (Phi) is 15.0. The monoisotopic (exact) mass is 650 g/mol. The fourth-order valence-corrected chi connectivity index (χ4v) is 5.64. The number of rotatable bonds is 19. The van der Waals surface area contributed by atoms with Crippen molar-refractivity contribution in [2.24, 2.45) is 11.5 Å². The minimum Gasteiger partial charge on any atom is -0.375 e. The Morgan fingerprint density at radius 3 is 1.96 bits per heavy atom. The second-order valence-electron chi connectivity index (χ2n) is 12.0. The molecule has 47 heavy (non-hydrogen) atoms. The Morgan fingerprint density at radius 1 is 0.787 bits per heavy atom. The van der Waals surface area contributed by atoms with Gasteiger partial charge in [0, 0.05) is 25.2 Å². The number of nitrogens with two attached hydrogens (primary N) is 2. The van der Waals surface area contributed by atoms with Crippen LogP contribution in [-0.4, -0.2) is 54.4 Å². The molecule has 0 aliphatic carbocycles. The minimum absolute atomic E-state index is 0.0323. The lowest BCUT2D eigenvalue weighted by molar-refractivity contribution is -0.130. The van der Waals surface area contributed by atoms with E-state index in [1.807, 2.05) is 36.9 Å². The maximum atomic E-state index is 14.0. The van der Waals surface area contributed by atoms with E-state index in [9.17, 15) is 23.2 Å². The van der Waals surface area contributed by atoms with E-state index in [0.29, 0.717) is 42.0 Å². The lowest BCUT2D eigenvalue weighted by Crippen LogP contribution is -2.51. The summed E-state index contributed by atoms with van der Waals surface area (Å²) in [4.78, 5) is 40.1. The molecule has 3 amide bonds. The maximum Gasteiger partial charge on any atom is 0.226 e. The summed E-state index contributed by atoms with van der Waals surface area (Å²) in [7, 11) is 0. The lowest BCUT2D eigenvalue weighted by atomic mass is 9.97. The van der Waals surface area contributed by atoms with Crippen molar-refractivity contribution in [3.8, 4) is 0 Å². The van der Waals surface area contributed by atoms with Gasteiger partial charge in [-0.3, -0.25) is 14.4 Å². The van der Waals surface area contributed by atoms with Crippen molar-refractivity contribution < 1.29 is 27.9 Å². The molecule has 2 atom stereocenters. The number of primary amides is 1. The molecule has 0 radical (unpaired) electrons. The lowest BCUT2D eigenvalue weighted by Gasteiger charge is -2.26. The molecule has 0 aliphatic heterocycles. The van der Waals surface area contributed by atoms with Crippen LogP contribution in [0, 0.1) is 11.6 Å². The summed E-state index contributed by atoms with van der Waals surface area (Å²) in [5.41, 5.74) is 16.4. The maximum absolute atomic E-state index is 14.0. The van der Waals surface area contributed by atoms with Crippen molar-refractivity contribution >= 4 is 17.7 Å². The Labute approximate surface area is 276 Å². The van der Waals surface area contributed by atoms with Gasteiger partial charge in [-0.1, -0.05) is 63.2 Å². The van der Waals surface area contributed by atoms with E-state index < -0.39 is 29.6 Å². The Morgan fingerprint density at radius 2 is 1.36 bits per heavy atom. The van der Waals surface area contributed by atoms with Gasteiger partial charge in [-0.2, -0.15) is 0 Å². The van der Waals surface area contributed by atoms with Crippen LogP contribution >= 0.6 is 0 Å². The highest BCUT2D eigenvalue weighted by atomic mass is 19.1. The van der Waals surface area contributed by atoms with Gasteiger partial charge in [0.2, 0.25) is 17.7 Å². The number of amides is 3. The first-order valence-corrected chi connectivity index (χ1v) is 16.3. The van der Waals surface area contributed by atoms with E-state index in [0.717, 1.165) is 30.9 Å². The normalized spacial score (nSPS) is 12.4. The molecule has 3 rings (SSSR count). The molecular formula is C37H48F2N4O4. The molecular weight excluding hydrogens is 602 g/mol. The summed E-state index contributed by atoms with van der Waals surface area (Å²) in [6.45, 7) is 7.80. The molecule has 0 bridgehead atoms. The van der Waals surface area contributed by atoms with Crippen molar-refractivity contribution in [1.29, 1.82) is 0 Å². The number of carbonyl (C=O) groups excluding carboxylic acids is 3. The molecule has 3 aromatic rings. The van der Waals surface area contributed by atoms with Gasteiger partial charge in [0.15, 0.2) is 0 Å². The highest BCUT2D eigenvalue weighted by Crippen LogP contribution is 2.16. The second-order valence-corrected chi connectivity index (χ2v) is 12.0. The molecule has 0 saturated heterocycles. The Hall–Kier alpha value is -4.15. The van der Waals surface area contributed by atoms with Gasteiger partial charge in [0.1, 0.15) is 11.6 Å². The van der Waals surface area contributed by atoms with Crippen LogP contribution in [0.4, 0.5) is 8.78 Å². The van der Waals surface area contributed by atoms with Crippen molar-refractivity contribution in [1.82, 2.24) is 10.2 Å². The van der Waals surface area contributed by atoms with Crippen molar-refractivity contribution in [2.45, 2.75) is 84.4 Å². The van der Waals surface area contributed by atoms with Crippen LogP contribution in [0.3, 0.4) is 0 Å². The van der Waals surface area contributed by atoms with Crippen LogP contribution in [-0.2, 0) is 57.8 Å². The molecule has 5 N–H and O–H groups in total. The minimum atomic E-state index is -0.726. The summed E-state index contributed by atoms with van der Waals surface area (Å²) >= 11 is 0. The number of nitrogens with zero attached hydrogens (tertiary/aromatic N) is 1. The summed E-state index contributed by atoms with van der Waals surface area (Å²) in [5.74, 6) is -2.40. The van der Waals surface area contributed by atoms with Gasteiger partial charge in [-0.05, 0) is 71.2 Å². The van der Waals surface area contributed by atoms with Crippen molar-refractivity contribution in [3.63, 3.8) is 0 Å². The SMILES string of the molecule is CCCN(CCC)C(=O)Cc1cc(CC(N)=O)cc(CC(=O)N[C@@H](Cc2cc(F)cc(F)c2)C(N)COCc2cccc(CC)c2)c1. The van der Waals surface area contributed by atoms with Gasteiger partial charge >= 0.3 is 0 Å². The topological polar surface area (TPSA) is 128 Å². The summed E-state index contributed by atoms with van der Waals surface area (Å²) in [5, 5.41) is 2.94. The van der Waals surface area contributed by atoms with Crippen LogP contribution in [0.15, 0.2) is 60.7 Å². The quantitative estimate of drug-likeness (QED) is 0.175. The summed E-state index contributed by atoms with van der Waals surface area (Å²) in [6, 6.07) is 15.1. The number of carbonyl (C=O) groups is 3. The highest BCUT2D eigenvalue weighted by molar-refractivity contribution is 5.81. The molecule has 0 heterocycles. The van der Waals surface area contributed by atoms with Crippen LogP contribution in [0.5, 0.6) is 0 Å². The number of ether oxygens (including phenoxy) is 1. The average molecular weight is 651 g/mol. The van der Waals surface area contributed by atoms with Crippen LogP contribution in [0.2, 0.25) is 0 Å². The summed E-state index contributed by atoms with van der Waals surface area (Å²) < 4.78 is 34.0. The molecule has 0 aromatic heterocycles. The zero-order chi connectivity index (χ0) is 34.3.